The molecule has 0 saturated heterocycles. The van der Waals surface area contributed by atoms with Crippen molar-refractivity contribution in [3.8, 4) is 11.4 Å². The highest BCUT2D eigenvalue weighted by molar-refractivity contribution is 6.33. The fourth-order valence-corrected chi connectivity index (χ4v) is 3.17. The standard InChI is InChI=1S/C20H15ClF3N3O2/c21-16-4-2-1-3-15(16)18(28)27(14-9-10-14)11-12-5-7-13(8-6-12)17-25-19(29-26-17)20(22,23)24/h1-8,14H,9-11H2. The van der Waals surface area contributed by atoms with Gasteiger partial charge in [-0.25, -0.2) is 0 Å². The highest BCUT2D eigenvalue weighted by Crippen LogP contribution is 2.32. The zero-order chi connectivity index (χ0) is 20.6. The van der Waals surface area contributed by atoms with Gasteiger partial charge in [0.15, 0.2) is 0 Å². The summed E-state index contributed by atoms with van der Waals surface area (Å²) in [5.74, 6) is -1.67. The lowest BCUT2D eigenvalue weighted by Crippen LogP contribution is -2.32. The molecule has 4 rings (SSSR count). The lowest BCUT2D eigenvalue weighted by Gasteiger charge is -2.23. The van der Waals surface area contributed by atoms with Gasteiger partial charge in [-0.2, -0.15) is 18.2 Å². The van der Waals surface area contributed by atoms with Crippen molar-refractivity contribution in [2.45, 2.75) is 31.6 Å². The number of carbonyl (C=O) groups is 1. The molecule has 1 heterocycles. The van der Waals surface area contributed by atoms with E-state index in [2.05, 4.69) is 14.7 Å². The number of halogens is 4. The zero-order valence-electron chi connectivity index (χ0n) is 15.0. The van der Waals surface area contributed by atoms with E-state index in [1.807, 2.05) is 0 Å². The quantitative estimate of drug-likeness (QED) is 0.567. The third-order valence-corrected chi connectivity index (χ3v) is 4.92. The maximum atomic E-state index is 12.9. The normalized spacial score (nSPS) is 14.1. The third-order valence-electron chi connectivity index (χ3n) is 4.59. The van der Waals surface area contributed by atoms with Gasteiger partial charge < -0.3 is 9.42 Å². The maximum Gasteiger partial charge on any atom is 0.471 e. The summed E-state index contributed by atoms with van der Waals surface area (Å²) in [5, 5.41) is 3.77. The molecular formula is C20H15ClF3N3O2. The largest absolute Gasteiger partial charge is 0.471 e. The fourth-order valence-electron chi connectivity index (χ4n) is 2.95. The highest BCUT2D eigenvalue weighted by atomic mass is 35.5. The number of alkyl halides is 3. The molecular weight excluding hydrogens is 407 g/mol. The molecule has 3 aromatic rings. The molecule has 0 N–H and O–H groups in total. The van der Waals surface area contributed by atoms with Gasteiger partial charge in [0.05, 0.1) is 10.6 Å². The first-order valence-electron chi connectivity index (χ1n) is 8.88. The molecule has 9 heteroatoms. The Morgan fingerprint density at radius 2 is 1.83 bits per heavy atom. The third kappa shape index (κ3) is 4.27. The Morgan fingerprint density at radius 1 is 1.14 bits per heavy atom. The van der Waals surface area contributed by atoms with Crippen molar-refractivity contribution >= 4 is 17.5 Å². The molecule has 1 amide bonds. The van der Waals surface area contributed by atoms with Crippen LogP contribution in [0.1, 0.15) is 34.7 Å². The number of hydrogen-bond acceptors (Lipinski definition) is 4. The Balaban J connectivity index is 1.52. The zero-order valence-corrected chi connectivity index (χ0v) is 15.7. The maximum absolute atomic E-state index is 12.9. The number of hydrogen-bond donors (Lipinski definition) is 0. The van der Waals surface area contributed by atoms with E-state index in [-0.39, 0.29) is 17.8 Å². The minimum atomic E-state index is -4.69. The molecule has 0 aliphatic heterocycles. The van der Waals surface area contributed by atoms with Crippen molar-refractivity contribution < 1.29 is 22.5 Å². The molecule has 2 aromatic carbocycles. The van der Waals surface area contributed by atoms with Crippen LogP contribution in [-0.4, -0.2) is 27.0 Å². The molecule has 0 unspecified atom stereocenters. The second kappa shape index (κ2) is 7.51. The average molecular weight is 422 g/mol. The number of benzene rings is 2. The second-order valence-electron chi connectivity index (χ2n) is 6.76. The van der Waals surface area contributed by atoms with Gasteiger partial charge in [-0.3, -0.25) is 4.79 Å². The first-order chi connectivity index (χ1) is 13.8. The van der Waals surface area contributed by atoms with Crippen LogP contribution in [-0.2, 0) is 12.7 Å². The number of amides is 1. The second-order valence-corrected chi connectivity index (χ2v) is 7.17. The van der Waals surface area contributed by atoms with Gasteiger partial charge in [0.25, 0.3) is 5.91 Å². The minimum Gasteiger partial charge on any atom is -0.331 e. The van der Waals surface area contributed by atoms with Crippen LogP contribution in [0.4, 0.5) is 13.2 Å². The van der Waals surface area contributed by atoms with E-state index >= 15 is 0 Å². The van der Waals surface area contributed by atoms with Crippen LogP contribution >= 0.6 is 11.6 Å². The number of nitrogens with zero attached hydrogens (tertiary/aromatic N) is 3. The van der Waals surface area contributed by atoms with Crippen molar-refractivity contribution in [3.05, 3.63) is 70.6 Å². The smallest absolute Gasteiger partial charge is 0.331 e. The lowest BCUT2D eigenvalue weighted by atomic mass is 10.1. The van der Waals surface area contributed by atoms with Crippen LogP contribution in [0.25, 0.3) is 11.4 Å². The van der Waals surface area contributed by atoms with Gasteiger partial charge in [0.1, 0.15) is 0 Å². The number of aromatic nitrogens is 2. The summed E-state index contributed by atoms with van der Waals surface area (Å²) < 4.78 is 42.1. The summed E-state index contributed by atoms with van der Waals surface area (Å²) in [7, 11) is 0. The molecule has 29 heavy (non-hydrogen) atoms. The van der Waals surface area contributed by atoms with E-state index < -0.39 is 12.1 Å². The molecule has 1 aliphatic rings. The van der Waals surface area contributed by atoms with Gasteiger partial charge >= 0.3 is 12.1 Å². The van der Waals surface area contributed by atoms with E-state index in [0.29, 0.717) is 22.7 Å². The Labute approximate surface area is 169 Å². The first kappa shape index (κ1) is 19.4. The summed E-state index contributed by atoms with van der Waals surface area (Å²) in [6, 6.07) is 13.7. The van der Waals surface area contributed by atoms with Crippen LogP contribution < -0.4 is 0 Å². The summed E-state index contributed by atoms with van der Waals surface area (Å²) in [5.41, 5.74) is 1.67. The van der Waals surface area contributed by atoms with Crippen LogP contribution in [0.15, 0.2) is 53.1 Å². The molecule has 0 spiro atoms. The van der Waals surface area contributed by atoms with Crippen molar-refractivity contribution in [3.63, 3.8) is 0 Å². The van der Waals surface area contributed by atoms with E-state index in [9.17, 15) is 18.0 Å². The van der Waals surface area contributed by atoms with Crippen molar-refractivity contribution in [1.29, 1.82) is 0 Å². The van der Waals surface area contributed by atoms with E-state index in [1.165, 1.54) is 0 Å². The summed E-state index contributed by atoms with van der Waals surface area (Å²) in [6.07, 6.45) is -2.83. The Hall–Kier alpha value is -2.87. The highest BCUT2D eigenvalue weighted by Gasteiger charge is 2.38. The molecule has 0 bridgehead atoms. The monoisotopic (exact) mass is 421 g/mol. The van der Waals surface area contributed by atoms with Crippen molar-refractivity contribution in [2.75, 3.05) is 0 Å². The molecule has 1 aliphatic carbocycles. The summed E-state index contributed by atoms with van der Waals surface area (Å²) in [6.45, 7) is 0.370. The predicted molar refractivity (Wildman–Crippen MR) is 99.1 cm³/mol. The van der Waals surface area contributed by atoms with E-state index in [1.54, 1.807) is 53.4 Å². The van der Waals surface area contributed by atoms with Gasteiger partial charge in [-0.05, 0) is 30.5 Å². The van der Waals surface area contributed by atoms with Gasteiger partial charge in [0.2, 0.25) is 5.82 Å². The molecule has 1 saturated carbocycles. The molecule has 5 nitrogen and oxygen atoms in total. The molecule has 150 valence electrons. The fraction of sp³-hybridized carbons (Fsp3) is 0.250. The van der Waals surface area contributed by atoms with Crippen LogP contribution in [0.2, 0.25) is 5.02 Å². The van der Waals surface area contributed by atoms with E-state index in [4.69, 9.17) is 11.6 Å². The van der Waals surface area contributed by atoms with Gasteiger partial charge in [-0.1, -0.05) is 53.2 Å². The topological polar surface area (TPSA) is 59.2 Å². The molecule has 1 fully saturated rings. The van der Waals surface area contributed by atoms with Crippen molar-refractivity contribution in [1.82, 2.24) is 15.0 Å². The summed E-state index contributed by atoms with van der Waals surface area (Å²) >= 11 is 6.16. The van der Waals surface area contributed by atoms with E-state index in [0.717, 1.165) is 18.4 Å². The molecule has 0 radical (unpaired) electrons. The Morgan fingerprint density at radius 3 is 2.41 bits per heavy atom. The van der Waals surface area contributed by atoms with Gasteiger partial charge in [0, 0.05) is 18.2 Å². The van der Waals surface area contributed by atoms with Crippen LogP contribution in [0.5, 0.6) is 0 Å². The number of rotatable bonds is 5. The molecule has 1 aromatic heterocycles. The average Bonchev–Trinajstić information content (AvgIpc) is 3.40. The Bertz CT molecular complexity index is 1030. The predicted octanol–water partition coefficient (Wildman–Crippen LogP) is 5.21. The summed E-state index contributed by atoms with van der Waals surface area (Å²) in [4.78, 5) is 18.1. The number of carbonyl (C=O) groups excluding carboxylic acids is 1. The lowest BCUT2D eigenvalue weighted by molar-refractivity contribution is -0.159. The minimum absolute atomic E-state index is 0.143. The first-order valence-corrected chi connectivity index (χ1v) is 9.26. The molecule has 0 atom stereocenters. The van der Waals surface area contributed by atoms with Crippen molar-refractivity contribution in [2.24, 2.45) is 0 Å². The Kier molecular flexibility index (Phi) is 5.04. The van der Waals surface area contributed by atoms with Gasteiger partial charge in [-0.15, -0.1) is 0 Å². The SMILES string of the molecule is O=C(c1ccccc1Cl)N(Cc1ccc(-c2noc(C(F)(F)F)n2)cc1)C1CC1. The van der Waals surface area contributed by atoms with Crippen LogP contribution in [0, 0.1) is 0 Å². The van der Waals surface area contributed by atoms with Crippen LogP contribution in [0.3, 0.4) is 0 Å².